The Morgan fingerprint density at radius 2 is 2.10 bits per heavy atom. The first-order chi connectivity index (χ1) is 9.52. The number of nitrogens with zero attached hydrogens (tertiary/aromatic N) is 1. The van der Waals surface area contributed by atoms with Crippen molar-refractivity contribution in [1.82, 2.24) is 0 Å². The first-order valence-corrected chi connectivity index (χ1v) is 5.82. The Morgan fingerprint density at radius 1 is 1.35 bits per heavy atom. The number of anilines is 1. The Hall–Kier alpha value is -2.87. The topological polar surface area (TPSA) is 73.1 Å². The lowest BCUT2D eigenvalue weighted by atomic mass is 10.1. The summed E-state index contributed by atoms with van der Waals surface area (Å²) >= 11 is 0. The van der Waals surface area contributed by atoms with Gasteiger partial charge in [0.05, 0.1) is 11.3 Å². The van der Waals surface area contributed by atoms with Crippen LogP contribution in [0.25, 0.3) is 0 Å². The quantitative estimate of drug-likeness (QED) is 0.881. The lowest BCUT2D eigenvalue weighted by molar-refractivity contribution is 0.102. The highest BCUT2D eigenvalue weighted by molar-refractivity contribution is 6.06. The van der Waals surface area contributed by atoms with Crippen LogP contribution in [0.1, 0.15) is 21.5 Å². The van der Waals surface area contributed by atoms with Crippen molar-refractivity contribution in [2.75, 3.05) is 5.32 Å². The van der Waals surface area contributed by atoms with E-state index >= 15 is 0 Å². The number of nitrogens with one attached hydrogen (secondary N) is 1. The van der Waals surface area contributed by atoms with Gasteiger partial charge in [-0.05, 0) is 37.3 Å². The van der Waals surface area contributed by atoms with Crippen molar-refractivity contribution in [2.45, 2.75) is 6.92 Å². The maximum absolute atomic E-state index is 13.0. The molecule has 1 amide bonds. The molecule has 2 rings (SSSR count). The van der Waals surface area contributed by atoms with Crippen molar-refractivity contribution in [3.63, 3.8) is 0 Å². The van der Waals surface area contributed by atoms with Crippen LogP contribution in [-0.2, 0) is 0 Å². The molecule has 0 spiro atoms. The summed E-state index contributed by atoms with van der Waals surface area (Å²) in [6.07, 6.45) is 0. The number of halogens is 1. The molecule has 0 fully saturated rings. The fourth-order valence-electron chi connectivity index (χ4n) is 1.78. The molecular weight excluding hydrogens is 259 g/mol. The Balaban J connectivity index is 2.33. The van der Waals surface area contributed by atoms with E-state index < -0.39 is 11.7 Å². The number of benzene rings is 2. The number of carbonyl (C=O) groups excluding carboxylic acids is 1. The molecule has 0 atom stereocenters. The molecule has 0 radical (unpaired) electrons. The Morgan fingerprint density at radius 3 is 2.80 bits per heavy atom. The number of carbonyl (C=O) groups is 1. The zero-order valence-electron chi connectivity index (χ0n) is 10.6. The largest absolute Gasteiger partial charge is 0.508 e. The maximum Gasteiger partial charge on any atom is 0.256 e. The van der Waals surface area contributed by atoms with E-state index in [1.807, 2.05) is 6.07 Å². The average molecular weight is 270 g/mol. The van der Waals surface area contributed by atoms with Crippen molar-refractivity contribution >= 4 is 11.6 Å². The lowest BCUT2D eigenvalue weighted by Gasteiger charge is -2.09. The minimum absolute atomic E-state index is 0.0114. The molecule has 5 heteroatoms. The van der Waals surface area contributed by atoms with Crippen LogP contribution in [-0.4, -0.2) is 11.0 Å². The molecule has 0 unspecified atom stereocenters. The van der Waals surface area contributed by atoms with Crippen molar-refractivity contribution in [3.05, 3.63) is 58.9 Å². The summed E-state index contributed by atoms with van der Waals surface area (Å²) in [6.45, 7) is 1.61. The molecule has 2 aromatic rings. The summed E-state index contributed by atoms with van der Waals surface area (Å²) in [5, 5.41) is 21.0. The van der Waals surface area contributed by atoms with Crippen molar-refractivity contribution in [2.24, 2.45) is 0 Å². The van der Waals surface area contributed by atoms with Gasteiger partial charge in [-0.1, -0.05) is 6.07 Å². The Kier molecular flexibility index (Phi) is 3.67. The monoisotopic (exact) mass is 270 g/mol. The molecule has 0 bridgehead atoms. The second-order valence-corrected chi connectivity index (χ2v) is 4.21. The van der Waals surface area contributed by atoms with Gasteiger partial charge in [-0.2, -0.15) is 5.26 Å². The van der Waals surface area contributed by atoms with Gasteiger partial charge in [0.1, 0.15) is 17.6 Å². The number of hydrogen-bond donors (Lipinski definition) is 2. The molecule has 0 saturated heterocycles. The van der Waals surface area contributed by atoms with Gasteiger partial charge < -0.3 is 10.4 Å². The number of aromatic hydroxyl groups is 1. The van der Waals surface area contributed by atoms with Crippen LogP contribution in [0, 0.1) is 24.1 Å². The molecule has 100 valence electrons. The SMILES string of the molecule is Cc1c(O)cccc1C(=O)Nc1ccc(F)cc1C#N. The summed E-state index contributed by atoms with van der Waals surface area (Å²) < 4.78 is 13.0. The van der Waals surface area contributed by atoms with Gasteiger partial charge in [0.25, 0.3) is 5.91 Å². The van der Waals surface area contributed by atoms with Crippen molar-refractivity contribution < 1.29 is 14.3 Å². The van der Waals surface area contributed by atoms with Gasteiger partial charge in [0.15, 0.2) is 0 Å². The molecule has 0 heterocycles. The van der Waals surface area contributed by atoms with Crippen LogP contribution in [0.5, 0.6) is 5.75 Å². The van der Waals surface area contributed by atoms with E-state index in [-0.39, 0.29) is 17.0 Å². The van der Waals surface area contributed by atoms with Crippen LogP contribution in [0.2, 0.25) is 0 Å². The lowest BCUT2D eigenvalue weighted by Crippen LogP contribution is -2.14. The Labute approximate surface area is 115 Å². The minimum Gasteiger partial charge on any atom is -0.508 e. The second kappa shape index (κ2) is 5.41. The van der Waals surface area contributed by atoms with Crippen molar-refractivity contribution in [1.29, 1.82) is 5.26 Å². The highest BCUT2D eigenvalue weighted by Gasteiger charge is 2.13. The molecule has 0 aliphatic rings. The smallest absolute Gasteiger partial charge is 0.256 e. The maximum atomic E-state index is 13.0. The summed E-state index contributed by atoms with van der Waals surface area (Å²) in [4.78, 5) is 12.1. The van der Waals surface area contributed by atoms with Gasteiger partial charge in [-0.25, -0.2) is 4.39 Å². The number of phenolic OH excluding ortho intramolecular Hbond substituents is 1. The van der Waals surface area contributed by atoms with E-state index in [4.69, 9.17) is 5.26 Å². The summed E-state index contributed by atoms with van der Waals surface area (Å²) in [7, 11) is 0. The van der Waals surface area contributed by atoms with Crippen LogP contribution in [0.4, 0.5) is 10.1 Å². The first kappa shape index (κ1) is 13.6. The molecule has 0 aliphatic carbocycles. The molecule has 20 heavy (non-hydrogen) atoms. The third kappa shape index (κ3) is 2.59. The fourth-order valence-corrected chi connectivity index (χ4v) is 1.78. The molecule has 0 aliphatic heterocycles. The number of hydrogen-bond acceptors (Lipinski definition) is 3. The van der Waals surface area contributed by atoms with Crippen LogP contribution < -0.4 is 5.32 Å². The highest BCUT2D eigenvalue weighted by atomic mass is 19.1. The van der Waals surface area contributed by atoms with E-state index in [2.05, 4.69) is 5.32 Å². The van der Waals surface area contributed by atoms with Crippen LogP contribution in [0.15, 0.2) is 36.4 Å². The Bertz CT molecular complexity index is 720. The van der Waals surface area contributed by atoms with E-state index in [1.54, 1.807) is 19.1 Å². The van der Waals surface area contributed by atoms with Crippen LogP contribution in [0.3, 0.4) is 0 Å². The average Bonchev–Trinajstić information content (AvgIpc) is 2.43. The normalized spacial score (nSPS) is 9.85. The predicted octanol–water partition coefficient (Wildman–Crippen LogP) is 2.96. The number of amides is 1. The standard InChI is InChI=1S/C15H11FN2O2/c1-9-12(3-2-4-14(9)19)15(20)18-13-6-5-11(16)7-10(13)8-17/h2-7,19H,1H3,(H,18,20). The molecular formula is C15H11FN2O2. The summed E-state index contributed by atoms with van der Waals surface area (Å²) in [5.41, 5.74) is 0.988. The van der Waals surface area contributed by atoms with Gasteiger partial charge in [-0.15, -0.1) is 0 Å². The van der Waals surface area contributed by atoms with Gasteiger partial charge >= 0.3 is 0 Å². The number of nitriles is 1. The van der Waals surface area contributed by atoms with E-state index in [1.165, 1.54) is 12.1 Å². The molecule has 4 nitrogen and oxygen atoms in total. The highest BCUT2D eigenvalue weighted by Crippen LogP contribution is 2.22. The zero-order valence-corrected chi connectivity index (χ0v) is 10.6. The number of phenols is 1. The minimum atomic E-state index is -0.548. The molecule has 0 saturated carbocycles. The second-order valence-electron chi connectivity index (χ2n) is 4.21. The molecule has 2 N–H and O–H groups in total. The fraction of sp³-hybridized carbons (Fsp3) is 0.0667. The van der Waals surface area contributed by atoms with Crippen LogP contribution >= 0.6 is 0 Å². The third-order valence-corrected chi connectivity index (χ3v) is 2.90. The molecule has 2 aromatic carbocycles. The van der Waals surface area contributed by atoms with E-state index in [9.17, 15) is 14.3 Å². The summed E-state index contributed by atoms with van der Waals surface area (Å²) in [5.74, 6) is -1.01. The third-order valence-electron chi connectivity index (χ3n) is 2.90. The van der Waals surface area contributed by atoms with Crippen molar-refractivity contribution in [3.8, 4) is 11.8 Å². The number of rotatable bonds is 2. The van der Waals surface area contributed by atoms with E-state index in [0.717, 1.165) is 12.1 Å². The van der Waals surface area contributed by atoms with E-state index in [0.29, 0.717) is 11.1 Å². The van der Waals surface area contributed by atoms with Gasteiger partial charge in [-0.3, -0.25) is 4.79 Å². The van der Waals surface area contributed by atoms with Gasteiger partial charge in [0, 0.05) is 11.1 Å². The van der Waals surface area contributed by atoms with Gasteiger partial charge in [0.2, 0.25) is 0 Å². The zero-order chi connectivity index (χ0) is 14.7. The summed E-state index contributed by atoms with van der Waals surface area (Å²) in [6, 6.07) is 9.92. The first-order valence-electron chi connectivity index (χ1n) is 5.82. The predicted molar refractivity (Wildman–Crippen MR) is 71.9 cm³/mol. The molecule has 0 aromatic heterocycles.